The Morgan fingerprint density at radius 1 is 1.00 bits per heavy atom. The van der Waals surface area contributed by atoms with Gasteiger partial charge < -0.3 is 10.2 Å². The Labute approximate surface area is 201 Å². The number of piperazine rings is 1. The number of anilines is 1. The Kier molecular flexibility index (Phi) is 6.50. The van der Waals surface area contributed by atoms with E-state index >= 15 is 0 Å². The van der Waals surface area contributed by atoms with E-state index in [1.54, 1.807) is 17.7 Å². The molecule has 164 valence electrons. The van der Waals surface area contributed by atoms with Crippen LogP contribution in [-0.4, -0.2) is 59.5 Å². The molecular weight excluding hydrogens is 482 g/mol. The first-order valence-electron chi connectivity index (χ1n) is 10.9. The summed E-state index contributed by atoms with van der Waals surface area (Å²) in [6.45, 7) is 5.34. The molecule has 3 heterocycles. The minimum absolute atomic E-state index is 0.148. The third-order valence-electron chi connectivity index (χ3n) is 6.08. The Hall–Kier alpha value is -2.32. The summed E-state index contributed by atoms with van der Waals surface area (Å²) < 4.78 is 1.08. The number of fused-ring (bicyclic) bond motifs is 1. The van der Waals surface area contributed by atoms with Crippen molar-refractivity contribution in [3.63, 3.8) is 0 Å². The van der Waals surface area contributed by atoms with Crippen LogP contribution in [0.5, 0.6) is 0 Å². The average molecular weight is 508 g/mol. The maximum Gasteiger partial charge on any atom is 0.139 e. The van der Waals surface area contributed by atoms with Crippen molar-refractivity contribution in [2.45, 2.75) is 6.04 Å². The quantitative estimate of drug-likeness (QED) is 0.372. The average Bonchev–Trinajstić information content (AvgIpc) is 3.26. The lowest BCUT2D eigenvalue weighted by atomic mass is 10.0. The van der Waals surface area contributed by atoms with Crippen molar-refractivity contribution in [1.29, 1.82) is 0 Å². The molecule has 1 N–H and O–H groups in total. The van der Waals surface area contributed by atoms with Crippen molar-refractivity contribution in [3.05, 3.63) is 76.3 Å². The van der Waals surface area contributed by atoms with Crippen LogP contribution in [-0.2, 0) is 0 Å². The van der Waals surface area contributed by atoms with Gasteiger partial charge in [-0.25, -0.2) is 9.97 Å². The fraction of sp³-hybridized carbons (Fsp3) is 0.280. The van der Waals surface area contributed by atoms with Crippen molar-refractivity contribution in [1.82, 2.24) is 19.8 Å². The highest BCUT2D eigenvalue weighted by molar-refractivity contribution is 9.10. The van der Waals surface area contributed by atoms with Gasteiger partial charge in [-0.1, -0.05) is 58.4 Å². The number of nitrogens with zero attached hydrogens (tertiary/aromatic N) is 4. The minimum Gasteiger partial charge on any atom is -0.361 e. The Morgan fingerprint density at radius 2 is 1.75 bits per heavy atom. The number of halogens is 1. The van der Waals surface area contributed by atoms with E-state index in [0.29, 0.717) is 0 Å². The summed E-state index contributed by atoms with van der Waals surface area (Å²) in [5, 5.41) is 7.08. The van der Waals surface area contributed by atoms with E-state index in [2.05, 4.69) is 103 Å². The second-order valence-electron chi connectivity index (χ2n) is 8.27. The molecule has 0 radical (unpaired) electrons. The number of likely N-dealkylation sites (N-methyl/N-ethyl adjacent to an activating group) is 1. The van der Waals surface area contributed by atoms with E-state index in [0.717, 1.165) is 53.2 Å². The summed E-state index contributed by atoms with van der Waals surface area (Å²) in [5.74, 6) is 0.900. The van der Waals surface area contributed by atoms with Crippen LogP contribution in [0.3, 0.4) is 0 Å². The molecule has 0 bridgehead atoms. The highest BCUT2D eigenvalue weighted by Crippen LogP contribution is 2.38. The normalized spacial score (nSPS) is 16.3. The van der Waals surface area contributed by atoms with Crippen molar-refractivity contribution < 1.29 is 0 Å². The van der Waals surface area contributed by atoms with Gasteiger partial charge in [0.25, 0.3) is 0 Å². The van der Waals surface area contributed by atoms with E-state index in [9.17, 15) is 0 Å². The standard InChI is InChI=1S/C25H26BrN5S/c1-30-11-13-31(14-12-30)15-22(19-5-3-2-4-6-19)29-24-23-21(16-32-25(23)28-17-27-24)18-7-9-20(26)10-8-18/h2-10,16-17,22H,11-15H2,1H3,(H,27,28,29). The van der Waals surface area contributed by atoms with Crippen LogP contribution < -0.4 is 5.32 Å². The van der Waals surface area contributed by atoms with Gasteiger partial charge in [-0.2, -0.15) is 0 Å². The molecule has 1 unspecified atom stereocenters. The SMILES string of the molecule is CN1CCN(CC(Nc2ncnc3scc(-c4ccc(Br)cc4)c23)c2ccccc2)CC1. The van der Waals surface area contributed by atoms with Crippen molar-refractivity contribution in [2.24, 2.45) is 0 Å². The molecule has 5 rings (SSSR count). The summed E-state index contributed by atoms with van der Waals surface area (Å²) in [7, 11) is 2.20. The molecule has 1 aliphatic rings. The zero-order valence-electron chi connectivity index (χ0n) is 18.0. The molecule has 1 aliphatic heterocycles. The Bertz CT molecular complexity index is 1170. The van der Waals surface area contributed by atoms with Gasteiger partial charge in [0, 0.05) is 48.1 Å². The van der Waals surface area contributed by atoms with Gasteiger partial charge in [-0.05, 0) is 30.3 Å². The van der Waals surface area contributed by atoms with E-state index in [1.807, 2.05) is 0 Å². The fourth-order valence-corrected chi connectivity index (χ4v) is 5.38. The van der Waals surface area contributed by atoms with Crippen molar-refractivity contribution in [2.75, 3.05) is 45.1 Å². The molecule has 32 heavy (non-hydrogen) atoms. The number of thiophene rings is 1. The van der Waals surface area contributed by atoms with E-state index in [1.165, 1.54) is 16.7 Å². The molecule has 2 aromatic heterocycles. The summed E-state index contributed by atoms with van der Waals surface area (Å²) in [4.78, 5) is 15.2. The van der Waals surface area contributed by atoms with Gasteiger partial charge in [0.05, 0.1) is 11.4 Å². The first kappa shape index (κ1) is 21.5. The monoisotopic (exact) mass is 507 g/mol. The molecule has 0 saturated carbocycles. The van der Waals surface area contributed by atoms with Crippen LogP contribution in [0, 0.1) is 0 Å². The zero-order chi connectivity index (χ0) is 21.9. The van der Waals surface area contributed by atoms with Crippen LogP contribution in [0.25, 0.3) is 21.3 Å². The van der Waals surface area contributed by atoms with Crippen molar-refractivity contribution >= 4 is 43.3 Å². The summed E-state index contributed by atoms with van der Waals surface area (Å²) in [6.07, 6.45) is 1.67. The molecule has 5 nitrogen and oxygen atoms in total. The molecule has 4 aromatic rings. The minimum atomic E-state index is 0.148. The largest absolute Gasteiger partial charge is 0.361 e. The van der Waals surface area contributed by atoms with Crippen LogP contribution in [0.4, 0.5) is 5.82 Å². The molecule has 1 atom stereocenters. The first-order chi connectivity index (χ1) is 15.7. The predicted octanol–water partition coefficient (Wildman–Crippen LogP) is 5.52. The highest BCUT2D eigenvalue weighted by Gasteiger charge is 2.22. The van der Waals surface area contributed by atoms with Crippen LogP contribution in [0.2, 0.25) is 0 Å². The third-order valence-corrected chi connectivity index (χ3v) is 7.49. The number of hydrogen-bond donors (Lipinski definition) is 1. The lowest BCUT2D eigenvalue weighted by Crippen LogP contribution is -2.46. The molecule has 0 aliphatic carbocycles. The fourth-order valence-electron chi connectivity index (χ4n) is 4.20. The maximum absolute atomic E-state index is 4.70. The van der Waals surface area contributed by atoms with Crippen LogP contribution in [0.1, 0.15) is 11.6 Å². The van der Waals surface area contributed by atoms with E-state index in [4.69, 9.17) is 4.98 Å². The second-order valence-corrected chi connectivity index (χ2v) is 10.0. The third kappa shape index (κ3) is 4.71. The van der Waals surface area contributed by atoms with Gasteiger partial charge in [0.1, 0.15) is 17.0 Å². The van der Waals surface area contributed by atoms with Crippen LogP contribution in [0.15, 0.2) is 70.8 Å². The van der Waals surface area contributed by atoms with Crippen molar-refractivity contribution in [3.8, 4) is 11.1 Å². The number of hydrogen-bond acceptors (Lipinski definition) is 6. The number of nitrogens with one attached hydrogen (secondary N) is 1. The van der Waals surface area contributed by atoms with Gasteiger partial charge >= 0.3 is 0 Å². The smallest absolute Gasteiger partial charge is 0.139 e. The molecule has 7 heteroatoms. The van der Waals surface area contributed by atoms with Gasteiger partial charge in [0.2, 0.25) is 0 Å². The lowest BCUT2D eigenvalue weighted by Gasteiger charge is -2.35. The molecule has 0 spiro atoms. The van der Waals surface area contributed by atoms with E-state index < -0.39 is 0 Å². The summed E-state index contributed by atoms with van der Waals surface area (Å²) in [5.41, 5.74) is 3.62. The second kappa shape index (κ2) is 9.67. The maximum atomic E-state index is 4.70. The molecule has 1 fully saturated rings. The molecule has 0 amide bonds. The number of rotatable bonds is 6. The lowest BCUT2D eigenvalue weighted by molar-refractivity contribution is 0.149. The summed E-state index contributed by atoms with van der Waals surface area (Å²) >= 11 is 5.21. The first-order valence-corrected chi connectivity index (χ1v) is 12.5. The Morgan fingerprint density at radius 3 is 2.50 bits per heavy atom. The zero-order valence-corrected chi connectivity index (χ0v) is 20.4. The van der Waals surface area contributed by atoms with Gasteiger partial charge in [-0.15, -0.1) is 11.3 Å². The molecule has 1 saturated heterocycles. The van der Waals surface area contributed by atoms with E-state index in [-0.39, 0.29) is 6.04 Å². The molecular formula is C25H26BrN5S. The number of benzene rings is 2. The Balaban J connectivity index is 1.50. The summed E-state index contributed by atoms with van der Waals surface area (Å²) in [6, 6.07) is 19.3. The topological polar surface area (TPSA) is 44.3 Å². The highest BCUT2D eigenvalue weighted by atomic mass is 79.9. The van der Waals surface area contributed by atoms with Gasteiger partial charge in [0.15, 0.2) is 0 Å². The van der Waals surface area contributed by atoms with Crippen LogP contribution >= 0.6 is 27.3 Å². The number of aromatic nitrogens is 2. The predicted molar refractivity (Wildman–Crippen MR) is 137 cm³/mol. The molecule has 2 aromatic carbocycles. The van der Waals surface area contributed by atoms with Gasteiger partial charge in [-0.3, -0.25) is 4.90 Å².